The molecule has 156 valence electrons. The molecule has 0 radical (unpaired) electrons. The van der Waals surface area contributed by atoms with Gasteiger partial charge in [0.25, 0.3) is 0 Å². The van der Waals surface area contributed by atoms with Crippen LogP contribution in [0.3, 0.4) is 0 Å². The van der Waals surface area contributed by atoms with Gasteiger partial charge in [-0.25, -0.2) is 0 Å². The molecule has 5 nitrogen and oxygen atoms in total. The summed E-state index contributed by atoms with van der Waals surface area (Å²) in [6, 6.07) is 7.74. The van der Waals surface area contributed by atoms with E-state index >= 15 is 0 Å². The predicted molar refractivity (Wildman–Crippen MR) is 119 cm³/mol. The van der Waals surface area contributed by atoms with Gasteiger partial charge in [-0.2, -0.15) is 5.26 Å². The van der Waals surface area contributed by atoms with Gasteiger partial charge in [0, 0.05) is 23.9 Å². The van der Waals surface area contributed by atoms with Crippen molar-refractivity contribution in [2.75, 3.05) is 12.8 Å². The Balaban J connectivity index is 1.58. The number of rotatable bonds is 7. The fourth-order valence-corrected chi connectivity index (χ4v) is 6.40. The molecule has 2 aliphatic rings. The Bertz CT molecular complexity index is 867. The highest BCUT2D eigenvalue weighted by Crippen LogP contribution is 2.78. The highest BCUT2D eigenvalue weighted by molar-refractivity contribution is 8.53. The second-order valence-corrected chi connectivity index (χ2v) is 11.1. The molecular formula is C23H31N3O2S. The van der Waals surface area contributed by atoms with Gasteiger partial charge in [0.15, 0.2) is 0 Å². The predicted octanol–water partition coefficient (Wildman–Crippen LogP) is 4.35. The minimum Gasteiger partial charge on any atom is -0.350 e. The standard InChI is InChI=1S/C23H31N3O2S/c1-5-18(6-2)23(28)26-13-7-8-20(26)22(27)25-14-17-9-11-19(12-10-17)21-16(3)29(21,4)15-24/h9-12,18,20H,5-8,13-14H2,1-4H3,(H,25,27). The minimum atomic E-state index is -1.33. The lowest BCUT2D eigenvalue weighted by molar-refractivity contribution is -0.141. The van der Waals surface area contributed by atoms with E-state index in [9.17, 15) is 14.9 Å². The average Bonchev–Trinajstić information content (AvgIpc) is 3.08. The number of benzene rings is 1. The molecule has 0 aromatic heterocycles. The first-order valence-corrected chi connectivity index (χ1v) is 12.5. The molecule has 2 heterocycles. The van der Waals surface area contributed by atoms with Crippen LogP contribution in [-0.2, 0) is 16.1 Å². The van der Waals surface area contributed by atoms with Gasteiger partial charge in [0.05, 0.1) is 0 Å². The quantitative estimate of drug-likeness (QED) is 0.676. The third kappa shape index (κ3) is 4.06. The van der Waals surface area contributed by atoms with E-state index in [0.29, 0.717) is 13.1 Å². The molecule has 1 saturated heterocycles. The van der Waals surface area contributed by atoms with Crippen molar-refractivity contribution in [1.82, 2.24) is 10.2 Å². The Morgan fingerprint density at radius 3 is 2.48 bits per heavy atom. The lowest BCUT2D eigenvalue weighted by atomic mass is 10.0. The van der Waals surface area contributed by atoms with Crippen LogP contribution in [0.25, 0.3) is 4.91 Å². The monoisotopic (exact) mass is 413 g/mol. The molecule has 0 saturated carbocycles. The van der Waals surface area contributed by atoms with E-state index in [0.717, 1.165) is 36.8 Å². The van der Waals surface area contributed by atoms with Crippen LogP contribution in [0.1, 0.15) is 57.6 Å². The fourth-order valence-electron chi connectivity index (χ4n) is 4.23. The molecule has 3 rings (SSSR count). The Labute approximate surface area is 175 Å². The van der Waals surface area contributed by atoms with E-state index in [1.54, 1.807) is 4.90 Å². The van der Waals surface area contributed by atoms with Crippen LogP contribution in [-0.4, -0.2) is 35.6 Å². The molecule has 1 aromatic carbocycles. The van der Waals surface area contributed by atoms with Crippen molar-refractivity contribution >= 4 is 26.7 Å². The summed E-state index contributed by atoms with van der Waals surface area (Å²) in [7, 11) is -1.33. The van der Waals surface area contributed by atoms with Crippen molar-refractivity contribution in [3.8, 4) is 5.40 Å². The zero-order valence-corrected chi connectivity index (χ0v) is 18.6. The fraction of sp³-hybridized carbons (Fsp3) is 0.522. The molecule has 2 atom stereocenters. The summed E-state index contributed by atoms with van der Waals surface area (Å²) in [5, 5.41) is 14.8. The van der Waals surface area contributed by atoms with E-state index in [4.69, 9.17) is 0 Å². The first-order valence-electron chi connectivity index (χ1n) is 10.4. The maximum absolute atomic E-state index is 12.7. The van der Waals surface area contributed by atoms with Gasteiger partial charge in [-0.05, 0) is 54.9 Å². The van der Waals surface area contributed by atoms with Crippen LogP contribution in [0.2, 0.25) is 0 Å². The van der Waals surface area contributed by atoms with E-state index in [1.807, 2.05) is 51.3 Å². The largest absolute Gasteiger partial charge is 0.350 e. The number of hydrogen-bond acceptors (Lipinski definition) is 3. The van der Waals surface area contributed by atoms with E-state index < -0.39 is 10.0 Å². The Kier molecular flexibility index (Phi) is 6.38. The van der Waals surface area contributed by atoms with E-state index in [2.05, 4.69) is 10.7 Å². The molecule has 0 aliphatic carbocycles. The first-order chi connectivity index (χ1) is 13.9. The molecule has 1 N–H and O–H groups in total. The average molecular weight is 414 g/mol. The van der Waals surface area contributed by atoms with Gasteiger partial charge in [-0.3, -0.25) is 9.59 Å². The summed E-state index contributed by atoms with van der Waals surface area (Å²) in [5.41, 5.74) is 2.12. The SMILES string of the molecule is CCC(CC)C(=O)N1CCCC1C(=O)NCc1ccc(C2=C(C)S2(C)C#N)cc1. The maximum atomic E-state index is 12.7. The van der Waals surface area contributed by atoms with Crippen molar-refractivity contribution in [3.05, 3.63) is 40.3 Å². The minimum absolute atomic E-state index is 0.0114. The second-order valence-electron chi connectivity index (χ2n) is 8.01. The Morgan fingerprint density at radius 2 is 1.93 bits per heavy atom. The van der Waals surface area contributed by atoms with Gasteiger partial charge >= 0.3 is 0 Å². The molecular weight excluding hydrogens is 382 g/mol. The molecule has 2 aliphatic heterocycles. The number of likely N-dealkylation sites (tertiary alicyclic amines) is 1. The lowest BCUT2D eigenvalue weighted by Gasteiger charge is -2.27. The van der Waals surface area contributed by atoms with Gasteiger partial charge in [0.1, 0.15) is 11.4 Å². The molecule has 1 fully saturated rings. The highest BCUT2D eigenvalue weighted by Gasteiger charge is 2.42. The van der Waals surface area contributed by atoms with Crippen LogP contribution < -0.4 is 5.32 Å². The number of thiocyanates is 1. The molecule has 1 aromatic rings. The highest BCUT2D eigenvalue weighted by atomic mass is 32.3. The summed E-state index contributed by atoms with van der Waals surface area (Å²) >= 11 is 0. The summed E-state index contributed by atoms with van der Waals surface area (Å²) in [6.07, 6.45) is 5.28. The maximum Gasteiger partial charge on any atom is 0.243 e. The number of amides is 2. The summed E-state index contributed by atoms with van der Waals surface area (Å²) in [5.74, 6) is 0.0682. The number of nitriles is 1. The smallest absolute Gasteiger partial charge is 0.243 e. The Morgan fingerprint density at radius 1 is 1.28 bits per heavy atom. The van der Waals surface area contributed by atoms with E-state index in [1.165, 1.54) is 9.81 Å². The molecule has 0 bridgehead atoms. The number of carbonyl (C=O) groups is 2. The third-order valence-corrected chi connectivity index (χ3v) is 9.29. The molecule has 29 heavy (non-hydrogen) atoms. The van der Waals surface area contributed by atoms with Crippen LogP contribution >= 0.6 is 10.0 Å². The van der Waals surface area contributed by atoms with Gasteiger partial charge in [0.2, 0.25) is 11.8 Å². The van der Waals surface area contributed by atoms with Crippen molar-refractivity contribution in [2.45, 2.75) is 59.0 Å². The third-order valence-electron chi connectivity index (χ3n) is 6.34. The number of allylic oxidation sites excluding steroid dienone is 1. The summed E-state index contributed by atoms with van der Waals surface area (Å²) in [4.78, 5) is 29.7. The number of nitrogens with one attached hydrogen (secondary N) is 1. The topological polar surface area (TPSA) is 73.2 Å². The lowest BCUT2D eigenvalue weighted by Crippen LogP contribution is -2.47. The van der Waals surface area contributed by atoms with Gasteiger partial charge in [-0.15, -0.1) is 10.0 Å². The zero-order chi connectivity index (χ0) is 21.2. The van der Waals surface area contributed by atoms with Gasteiger partial charge < -0.3 is 10.2 Å². The molecule has 2 amide bonds. The summed E-state index contributed by atoms with van der Waals surface area (Å²) in [6.45, 7) is 7.22. The van der Waals surface area contributed by atoms with Crippen LogP contribution in [0.15, 0.2) is 29.2 Å². The van der Waals surface area contributed by atoms with Crippen LogP contribution in [0.5, 0.6) is 0 Å². The number of carbonyl (C=O) groups excluding carboxylic acids is 2. The Hall–Kier alpha value is -2.26. The summed E-state index contributed by atoms with van der Waals surface area (Å²) < 4.78 is 0. The zero-order valence-electron chi connectivity index (χ0n) is 17.8. The van der Waals surface area contributed by atoms with Gasteiger partial charge in [-0.1, -0.05) is 38.1 Å². The normalized spacial score (nSPS) is 25.5. The van der Waals surface area contributed by atoms with Crippen LogP contribution in [0, 0.1) is 16.6 Å². The molecule has 0 spiro atoms. The van der Waals surface area contributed by atoms with E-state index in [-0.39, 0.29) is 23.8 Å². The van der Waals surface area contributed by atoms with Crippen molar-refractivity contribution in [2.24, 2.45) is 5.92 Å². The van der Waals surface area contributed by atoms with Crippen molar-refractivity contribution in [1.29, 1.82) is 5.26 Å². The number of hydrogen-bond donors (Lipinski definition) is 1. The van der Waals surface area contributed by atoms with Crippen molar-refractivity contribution in [3.63, 3.8) is 0 Å². The number of nitrogens with zero attached hydrogens (tertiary/aromatic N) is 2. The van der Waals surface area contributed by atoms with Crippen LogP contribution in [0.4, 0.5) is 0 Å². The molecule has 6 heteroatoms. The second kappa shape index (κ2) is 8.62. The molecule has 2 unspecified atom stereocenters. The first kappa shape index (κ1) is 21.4. The van der Waals surface area contributed by atoms with Crippen molar-refractivity contribution < 1.29 is 9.59 Å².